The Morgan fingerprint density at radius 2 is 1.83 bits per heavy atom. The molecular weight excluding hydrogens is 482 g/mol. The molecule has 2 saturated carbocycles. The first kappa shape index (κ1) is 22.6. The lowest BCUT2D eigenvalue weighted by Crippen LogP contribution is -2.40. The molecule has 0 spiro atoms. The Morgan fingerprint density at radius 3 is 2.46 bits per heavy atom. The van der Waals surface area contributed by atoms with Crippen LogP contribution in [0.2, 0.25) is 0 Å². The molecule has 0 radical (unpaired) electrons. The summed E-state index contributed by atoms with van der Waals surface area (Å²) in [5.74, 6) is 0.663. The lowest BCUT2D eigenvalue weighted by molar-refractivity contribution is 0.636. The lowest BCUT2D eigenvalue weighted by atomic mass is 10.1. The molecule has 2 aliphatic carbocycles. The number of benzene rings is 1. The summed E-state index contributed by atoms with van der Waals surface area (Å²) in [6, 6.07) is 10.1. The zero-order valence-electron chi connectivity index (χ0n) is 19.7. The Labute approximate surface area is 208 Å². The van der Waals surface area contributed by atoms with E-state index < -0.39 is 11.0 Å². The van der Waals surface area contributed by atoms with Crippen molar-refractivity contribution in [3.63, 3.8) is 0 Å². The van der Waals surface area contributed by atoms with E-state index in [1.165, 1.54) is 34.3 Å². The van der Waals surface area contributed by atoms with Gasteiger partial charge in [0.15, 0.2) is 0 Å². The summed E-state index contributed by atoms with van der Waals surface area (Å²) in [5.41, 5.74) is 2.23. The maximum Gasteiger partial charge on any atom is 0.332 e. The smallest absolute Gasteiger partial charge is 0.280 e. The van der Waals surface area contributed by atoms with Crippen LogP contribution in [0.15, 0.2) is 56.5 Å². The summed E-state index contributed by atoms with van der Waals surface area (Å²) in [5, 5.41) is 4.58. The average Bonchev–Trinajstić information content (AvgIpc) is 3.72. The fraction of sp³-hybridized carbons (Fsp3) is 0.400. The number of hydrogen-bond acceptors (Lipinski definition) is 5. The molecule has 0 bridgehead atoms. The van der Waals surface area contributed by atoms with Gasteiger partial charge in [0.25, 0.3) is 5.56 Å². The highest BCUT2D eigenvalue weighted by Gasteiger charge is 2.39. The Bertz CT molecular complexity index is 1570. The van der Waals surface area contributed by atoms with Crippen LogP contribution in [0.1, 0.15) is 55.2 Å². The number of aromatic nitrogens is 4. The van der Waals surface area contributed by atoms with E-state index in [0.29, 0.717) is 26.9 Å². The molecule has 3 heterocycles. The first-order valence-electron chi connectivity index (χ1n) is 11.8. The molecule has 0 amide bonds. The summed E-state index contributed by atoms with van der Waals surface area (Å²) in [6.45, 7) is 2.51. The fourth-order valence-corrected chi connectivity index (χ4v) is 6.86. The van der Waals surface area contributed by atoms with E-state index in [1.807, 2.05) is 6.92 Å². The number of aryl methyl sites for hydroxylation is 1. The van der Waals surface area contributed by atoms with Crippen LogP contribution in [-0.2, 0) is 31.1 Å². The molecule has 182 valence electrons. The second-order valence-corrected chi connectivity index (χ2v) is 12.5. The molecule has 6 rings (SSSR count). The van der Waals surface area contributed by atoms with Crippen molar-refractivity contribution in [1.29, 1.82) is 0 Å². The predicted molar refractivity (Wildman–Crippen MR) is 137 cm³/mol. The van der Waals surface area contributed by atoms with Gasteiger partial charge >= 0.3 is 5.69 Å². The quantitative estimate of drug-likeness (QED) is 0.395. The minimum atomic E-state index is -1.44. The molecule has 2 fully saturated rings. The van der Waals surface area contributed by atoms with Gasteiger partial charge in [0.1, 0.15) is 20.0 Å². The monoisotopic (exact) mass is 509 g/mol. The summed E-state index contributed by atoms with van der Waals surface area (Å²) in [6.07, 6.45) is 7.88. The van der Waals surface area contributed by atoms with E-state index in [9.17, 15) is 13.8 Å². The van der Waals surface area contributed by atoms with Crippen LogP contribution in [0.5, 0.6) is 0 Å². The van der Waals surface area contributed by atoms with Gasteiger partial charge in [-0.2, -0.15) is 5.10 Å². The molecule has 35 heavy (non-hydrogen) atoms. The first-order chi connectivity index (χ1) is 16.8. The van der Waals surface area contributed by atoms with Crippen LogP contribution in [-0.4, -0.2) is 28.7 Å². The van der Waals surface area contributed by atoms with E-state index in [1.54, 1.807) is 34.8 Å². The van der Waals surface area contributed by atoms with E-state index in [0.717, 1.165) is 24.0 Å². The highest BCUT2D eigenvalue weighted by Crippen LogP contribution is 2.40. The van der Waals surface area contributed by atoms with Gasteiger partial charge in [-0.15, -0.1) is 11.3 Å². The van der Waals surface area contributed by atoms with Gasteiger partial charge in [-0.1, -0.05) is 24.3 Å². The van der Waals surface area contributed by atoms with Gasteiger partial charge in [-0.25, -0.2) is 13.7 Å². The molecule has 2 aliphatic rings. The zero-order chi connectivity index (χ0) is 24.3. The van der Waals surface area contributed by atoms with E-state index in [4.69, 9.17) is 0 Å². The van der Waals surface area contributed by atoms with Crippen molar-refractivity contribution in [2.24, 2.45) is 7.05 Å². The first-order valence-corrected chi connectivity index (χ1v) is 13.8. The number of fused-ring (bicyclic) bond motifs is 1. The molecule has 8 nitrogen and oxygen atoms in total. The maximum absolute atomic E-state index is 13.6. The van der Waals surface area contributed by atoms with E-state index in [-0.39, 0.29) is 23.3 Å². The van der Waals surface area contributed by atoms with Crippen LogP contribution in [0, 0.1) is 0 Å². The zero-order valence-corrected chi connectivity index (χ0v) is 21.3. The average molecular weight is 510 g/mol. The summed E-state index contributed by atoms with van der Waals surface area (Å²) in [7, 11) is 0.355. The third-order valence-corrected chi connectivity index (χ3v) is 9.68. The van der Waals surface area contributed by atoms with E-state index >= 15 is 0 Å². The standard InChI is InChI=1S/C25H27N5O3S2/c1-25(9-10-25)27-35(33)21-11-20-22(31)29(15-17-12-26-28(2)13-17)24(32)30(23(20)34-21)14-16-3-5-18(6-4-16)19-7-8-19/h3-6,11-13,19,27H,7-10,14-15H2,1-2H3. The van der Waals surface area contributed by atoms with Gasteiger partial charge in [-0.05, 0) is 55.7 Å². The Kier molecular flexibility index (Phi) is 5.43. The topological polar surface area (TPSA) is 90.9 Å². The fourth-order valence-electron chi connectivity index (χ4n) is 4.34. The van der Waals surface area contributed by atoms with Crippen LogP contribution < -0.4 is 16.0 Å². The largest absolute Gasteiger partial charge is 0.332 e. The third-order valence-electron chi connectivity index (χ3n) is 6.86. The minimum Gasteiger partial charge on any atom is -0.280 e. The molecule has 4 aromatic rings. The number of hydrogen-bond donors (Lipinski definition) is 1. The molecule has 0 saturated heterocycles. The van der Waals surface area contributed by atoms with Crippen molar-refractivity contribution < 1.29 is 4.21 Å². The molecule has 0 aliphatic heterocycles. The Morgan fingerprint density at radius 1 is 1.11 bits per heavy atom. The number of rotatable bonds is 8. The predicted octanol–water partition coefficient (Wildman–Crippen LogP) is 3.10. The van der Waals surface area contributed by atoms with Gasteiger partial charge in [-0.3, -0.25) is 18.6 Å². The van der Waals surface area contributed by atoms with Gasteiger partial charge in [0.05, 0.1) is 24.7 Å². The minimum absolute atomic E-state index is 0.121. The highest BCUT2D eigenvalue weighted by atomic mass is 32.2. The van der Waals surface area contributed by atoms with Crippen molar-refractivity contribution in [3.8, 4) is 0 Å². The SMILES string of the molecule is Cn1cc(Cn2c(=O)c3cc(S(=O)NC4(C)CC4)sc3n(Cc3ccc(C4CC4)cc3)c2=O)cn1. The molecule has 1 unspecified atom stereocenters. The molecule has 1 atom stereocenters. The summed E-state index contributed by atoms with van der Waals surface area (Å²) >= 11 is 1.26. The Balaban J connectivity index is 1.44. The van der Waals surface area contributed by atoms with Crippen LogP contribution in [0.25, 0.3) is 10.2 Å². The van der Waals surface area contributed by atoms with Crippen molar-refractivity contribution in [2.75, 3.05) is 0 Å². The van der Waals surface area contributed by atoms with Gasteiger partial charge in [0, 0.05) is 24.3 Å². The van der Waals surface area contributed by atoms with Crippen LogP contribution in [0.4, 0.5) is 0 Å². The molecule has 3 aromatic heterocycles. The Hall–Kier alpha value is -2.82. The normalized spacial score (nSPS) is 17.7. The van der Waals surface area contributed by atoms with Crippen molar-refractivity contribution in [2.45, 2.75) is 61.4 Å². The summed E-state index contributed by atoms with van der Waals surface area (Å²) in [4.78, 5) is 27.6. The van der Waals surface area contributed by atoms with E-state index in [2.05, 4.69) is 34.1 Å². The van der Waals surface area contributed by atoms with Crippen LogP contribution >= 0.6 is 11.3 Å². The molecule has 10 heteroatoms. The third kappa shape index (κ3) is 4.46. The van der Waals surface area contributed by atoms with Gasteiger partial charge < -0.3 is 0 Å². The van der Waals surface area contributed by atoms with Crippen molar-refractivity contribution in [3.05, 3.63) is 80.3 Å². The van der Waals surface area contributed by atoms with Crippen LogP contribution in [0.3, 0.4) is 0 Å². The second-order valence-electron chi connectivity index (χ2n) is 10.0. The molecule has 1 aromatic carbocycles. The number of thiophene rings is 1. The number of nitrogens with zero attached hydrogens (tertiary/aromatic N) is 4. The number of nitrogens with one attached hydrogen (secondary N) is 1. The second kappa shape index (κ2) is 8.39. The molecule has 1 N–H and O–H groups in total. The highest BCUT2D eigenvalue weighted by molar-refractivity contribution is 7.85. The van der Waals surface area contributed by atoms with Gasteiger partial charge in [0.2, 0.25) is 0 Å². The van der Waals surface area contributed by atoms with Crippen molar-refractivity contribution >= 4 is 32.5 Å². The maximum atomic E-state index is 13.6. The lowest BCUT2D eigenvalue weighted by Gasteiger charge is -2.12. The molecular formula is C25H27N5O3S2. The summed E-state index contributed by atoms with van der Waals surface area (Å²) < 4.78 is 21.3. The van der Waals surface area contributed by atoms with Crippen molar-refractivity contribution in [1.82, 2.24) is 23.6 Å².